The lowest BCUT2D eigenvalue weighted by Crippen LogP contribution is -2.57. The minimum atomic E-state index is -0.519. The summed E-state index contributed by atoms with van der Waals surface area (Å²) < 4.78 is 0. The van der Waals surface area contributed by atoms with E-state index in [1.165, 1.54) is 50.6 Å². The molecule has 3 unspecified atom stereocenters. The molecule has 19 heavy (non-hydrogen) atoms. The highest BCUT2D eigenvalue weighted by molar-refractivity contribution is 5.17. The monoisotopic (exact) mass is 265 g/mol. The van der Waals surface area contributed by atoms with E-state index in [0.29, 0.717) is 12.0 Å². The molecule has 0 aromatic carbocycles. The highest BCUT2D eigenvalue weighted by Crippen LogP contribution is 2.36. The second-order valence-electron chi connectivity index (χ2n) is 6.96. The summed E-state index contributed by atoms with van der Waals surface area (Å²) in [6.07, 6.45) is 10.9. The van der Waals surface area contributed by atoms with Gasteiger partial charge < -0.3 is 5.11 Å². The molecule has 2 nitrogen and oxygen atoms in total. The molecule has 2 aliphatic heterocycles. The molecule has 0 saturated carbocycles. The number of rotatable bonds is 4. The topological polar surface area (TPSA) is 23.5 Å². The number of nitrogens with zero attached hydrogens (tertiary/aromatic N) is 1. The summed E-state index contributed by atoms with van der Waals surface area (Å²) in [5, 5.41) is 10.7. The van der Waals surface area contributed by atoms with Crippen LogP contribution in [0.1, 0.15) is 65.7 Å². The third-order valence-electron chi connectivity index (χ3n) is 4.86. The van der Waals surface area contributed by atoms with Crippen molar-refractivity contribution in [3.63, 3.8) is 0 Å². The highest BCUT2D eigenvalue weighted by Gasteiger charge is 2.42. The van der Waals surface area contributed by atoms with Crippen molar-refractivity contribution in [3.8, 4) is 0 Å². The second kappa shape index (κ2) is 6.41. The molecule has 3 atom stereocenters. The minimum absolute atomic E-state index is 0.393. The largest absolute Gasteiger partial charge is 0.388 e. The van der Waals surface area contributed by atoms with Crippen LogP contribution in [0.3, 0.4) is 0 Å². The van der Waals surface area contributed by atoms with Crippen molar-refractivity contribution in [1.29, 1.82) is 0 Å². The van der Waals surface area contributed by atoms with E-state index in [1.807, 2.05) is 6.92 Å². The summed E-state index contributed by atoms with van der Waals surface area (Å²) in [6.45, 7) is 8.88. The zero-order chi connectivity index (χ0) is 13.9. The molecule has 110 valence electrons. The zero-order valence-corrected chi connectivity index (χ0v) is 13.0. The van der Waals surface area contributed by atoms with Crippen LogP contribution in [0.4, 0.5) is 0 Å². The maximum Gasteiger partial charge on any atom is 0.0811 e. The normalized spacial score (nSPS) is 36.2. The number of hydrogen-bond donors (Lipinski definition) is 1. The molecule has 2 fully saturated rings. The number of fused-ring (bicyclic) bond motifs is 1. The Morgan fingerprint density at radius 1 is 1.47 bits per heavy atom. The molecule has 1 N–H and O–H groups in total. The predicted molar refractivity (Wildman–Crippen MR) is 81.2 cm³/mol. The molecule has 0 amide bonds. The fourth-order valence-corrected chi connectivity index (χ4v) is 3.90. The number of unbranched alkanes of at least 4 members (excludes halogenated alkanes) is 1. The van der Waals surface area contributed by atoms with Crippen LogP contribution < -0.4 is 0 Å². The quantitative estimate of drug-likeness (QED) is 0.783. The Morgan fingerprint density at radius 2 is 2.26 bits per heavy atom. The van der Waals surface area contributed by atoms with Gasteiger partial charge in [-0.25, -0.2) is 0 Å². The molecule has 2 aliphatic rings. The van der Waals surface area contributed by atoms with Crippen LogP contribution in [-0.4, -0.2) is 34.7 Å². The van der Waals surface area contributed by atoms with E-state index in [0.717, 1.165) is 13.0 Å². The van der Waals surface area contributed by atoms with E-state index >= 15 is 0 Å². The van der Waals surface area contributed by atoms with Gasteiger partial charge in [-0.2, -0.15) is 0 Å². The van der Waals surface area contributed by atoms with E-state index < -0.39 is 5.60 Å². The second-order valence-corrected chi connectivity index (χ2v) is 6.96. The first-order chi connectivity index (χ1) is 9.03. The SMILES string of the molecule is CCCCC(C)/C=C1\CN2CCCCC2C(C)(O)C1. The van der Waals surface area contributed by atoms with Gasteiger partial charge in [-0.1, -0.05) is 44.8 Å². The third kappa shape index (κ3) is 3.82. The Bertz CT molecular complexity index is 321. The van der Waals surface area contributed by atoms with Crippen LogP contribution in [0.15, 0.2) is 11.6 Å². The minimum Gasteiger partial charge on any atom is -0.388 e. The number of aliphatic hydroxyl groups is 1. The van der Waals surface area contributed by atoms with Crippen molar-refractivity contribution in [3.05, 3.63) is 11.6 Å². The Balaban J connectivity index is 2.01. The van der Waals surface area contributed by atoms with Gasteiger partial charge in [0, 0.05) is 12.6 Å². The average molecular weight is 265 g/mol. The van der Waals surface area contributed by atoms with Gasteiger partial charge in [0.05, 0.1) is 5.60 Å². The van der Waals surface area contributed by atoms with Crippen LogP contribution >= 0.6 is 0 Å². The molecule has 0 bridgehead atoms. The van der Waals surface area contributed by atoms with Crippen LogP contribution in [-0.2, 0) is 0 Å². The van der Waals surface area contributed by atoms with Crippen LogP contribution in [0, 0.1) is 5.92 Å². The predicted octanol–water partition coefficient (Wildman–Crippen LogP) is 3.75. The molecular formula is C17H31NO. The first kappa shape index (κ1) is 15.1. The Labute approximate surface area is 118 Å². The molecule has 2 heterocycles. The van der Waals surface area contributed by atoms with Crippen LogP contribution in [0.2, 0.25) is 0 Å². The summed E-state index contributed by atoms with van der Waals surface area (Å²) in [7, 11) is 0. The summed E-state index contributed by atoms with van der Waals surface area (Å²) >= 11 is 0. The molecule has 2 heteroatoms. The van der Waals surface area contributed by atoms with Gasteiger partial charge in [-0.15, -0.1) is 0 Å². The average Bonchev–Trinajstić information content (AvgIpc) is 2.35. The van der Waals surface area contributed by atoms with Crippen LogP contribution in [0.5, 0.6) is 0 Å². The van der Waals surface area contributed by atoms with Crippen molar-refractivity contribution in [2.24, 2.45) is 5.92 Å². The molecule has 2 saturated heterocycles. The summed E-state index contributed by atoms with van der Waals surface area (Å²) in [5.41, 5.74) is 0.946. The maximum absolute atomic E-state index is 10.7. The lowest BCUT2D eigenvalue weighted by atomic mass is 9.78. The number of allylic oxidation sites excluding steroid dienone is 1. The Hall–Kier alpha value is -0.340. The molecule has 2 rings (SSSR count). The summed E-state index contributed by atoms with van der Waals surface area (Å²) in [6, 6.07) is 0.393. The zero-order valence-electron chi connectivity index (χ0n) is 13.0. The molecule has 0 spiro atoms. The summed E-state index contributed by atoms with van der Waals surface area (Å²) in [5.74, 6) is 0.659. The molecule has 0 aromatic heterocycles. The number of piperidine rings is 2. The van der Waals surface area contributed by atoms with Crippen LogP contribution in [0.25, 0.3) is 0 Å². The van der Waals surface area contributed by atoms with E-state index in [1.54, 1.807) is 0 Å². The van der Waals surface area contributed by atoms with Gasteiger partial charge >= 0.3 is 0 Å². The van der Waals surface area contributed by atoms with Gasteiger partial charge in [0.1, 0.15) is 0 Å². The lowest BCUT2D eigenvalue weighted by Gasteiger charge is -2.49. The standard InChI is InChI=1S/C17H31NO/c1-4-5-8-14(2)11-15-12-17(3,19)16-9-6-7-10-18(16)13-15/h11,14,16,19H,4-10,12-13H2,1-3H3/b15-11-. The highest BCUT2D eigenvalue weighted by atomic mass is 16.3. The first-order valence-electron chi connectivity index (χ1n) is 8.19. The Morgan fingerprint density at radius 3 is 3.00 bits per heavy atom. The smallest absolute Gasteiger partial charge is 0.0811 e. The van der Waals surface area contributed by atoms with Crippen molar-refractivity contribution >= 4 is 0 Å². The van der Waals surface area contributed by atoms with Gasteiger partial charge in [0.15, 0.2) is 0 Å². The van der Waals surface area contributed by atoms with Gasteiger partial charge in [0.25, 0.3) is 0 Å². The molecular weight excluding hydrogens is 234 g/mol. The Kier molecular flexibility index (Phi) is 5.08. The maximum atomic E-state index is 10.7. The first-order valence-corrected chi connectivity index (χ1v) is 8.19. The third-order valence-corrected chi connectivity index (χ3v) is 4.86. The molecule has 0 radical (unpaired) electrons. The van der Waals surface area contributed by atoms with Crippen molar-refractivity contribution in [2.75, 3.05) is 13.1 Å². The molecule has 0 aliphatic carbocycles. The van der Waals surface area contributed by atoms with Crippen molar-refractivity contribution in [1.82, 2.24) is 4.90 Å². The van der Waals surface area contributed by atoms with Crippen molar-refractivity contribution in [2.45, 2.75) is 77.4 Å². The van der Waals surface area contributed by atoms with Gasteiger partial charge in [-0.05, 0) is 45.1 Å². The van der Waals surface area contributed by atoms with E-state index in [2.05, 4.69) is 24.8 Å². The summed E-state index contributed by atoms with van der Waals surface area (Å²) in [4.78, 5) is 2.52. The fraction of sp³-hybridized carbons (Fsp3) is 0.882. The lowest BCUT2D eigenvalue weighted by molar-refractivity contribution is -0.0641. The van der Waals surface area contributed by atoms with E-state index in [4.69, 9.17) is 0 Å². The van der Waals surface area contributed by atoms with Gasteiger partial charge in [0.2, 0.25) is 0 Å². The van der Waals surface area contributed by atoms with E-state index in [9.17, 15) is 5.11 Å². The van der Waals surface area contributed by atoms with Gasteiger partial charge in [-0.3, -0.25) is 4.90 Å². The number of hydrogen-bond acceptors (Lipinski definition) is 2. The van der Waals surface area contributed by atoms with E-state index in [-0.39, 0.29) is 0 Å². The van der Waals surface area contributed by atoms with Crippen molar-refractivity contribution < 1.29 is 5.11 Å². The fourth-order valence-electron chi connectivity index (χ4n) is 3.90. The molecule has 0 aromatic rings.